The minimum atomic E-state index is -0.512. The van der Waals surface area contributed by atoms with E-state index in [1.54, 1.807) is 41.8 Å². The van der Waals surface area contributed by atoms with Gasteiger partial charge in [0.05, 0.1) is 5.69 Å². The molecule has 3 rings (SSSR count). The first-order valence-corrected chi connectivity index (χ1v) is 7.35. The van der Waals surface area contributed by atoms with Crippen molar-refractivity contribution in [3.05, 3.63) is 35.7 Å². The van der Waals surface area contributed by atoms with Crippen molar-refractivity contribution in [1.82, 2.24) is 19.6 Å². The smallest absolute Gasteiger partial charge is 0.297 e. The Balaban J connectivity index is 1.86. The quantitative estimate of drug-likeness (QED) is 0.636. The molecule has 22 heavy (non-hydrogen) atoms. The van der Waals surface area contributed by atoms with E-state index in [0.29, 0.717) is 24.0 Å². The normalized spacial score (nSPS) is 18.5. The minimum Gasteiger partial charge on any atom is -0.348 e. The third kappa shape index (κ3) is 2.54. The number of rotatable bonds is 3. The van der Waals surface area contributed by atoms with Gasteiger partial charge in [-0.05, 0) is 38.3 Å². The first-order valence-electron chi connectivity index (χ1n) is 7.35. The second kappa shape index (κ2) is 5.75. The summed E-state index contributed by atoms with van der Waals surface area (Å²) >= 11 is 0. The maximum atomic E-state index is 12.6. The molecule has 1 aliphatic rings. The summed E-state index contributed by atoms with van der Waals surface area (Å²) in [6.45, 7) is 2.26. The summed E-state index contributed by atoms with van der Waals surface area (Å²) in [6, 6.07) is 3.08. The number of hydrogen-bond acceptors (Lipinski definition) is 5. The third-order valence-electron chi connectivity index (χ3n) is 3.96. The van der Waals surface area contributed by atoms with Crippen molar-refractivity contribution in [2.24, 2.45) is 7.05 Å². The van der Waals surface area contributed by atoms with Crippen LogP contribution in [-0.4, -0.2) is 37.8 Å². The van der Waals surface area contributed by atoms with Gasteiger partial charge < -0.3 is 14.0 Å². The number of ketones is 1. The van der Waals surface area contributed by atoms with Crippen LogP contribution in [0.3, 0.4) is 0 Å². The Hall–Kier alpha value is -2.44. The predicted molar refractivity (Wildman–Crippen MR) is 77.1 cm³/mol. The van der Waals surface area contributed by atoms with Gasteiger partial charge in [0.1, 0.15) is 6.04 Å². The van der Waals surface area contributed by atoms with Crippen molar-refractivity contribution >= 4 is 11.7 Å². The molecule has 0 saturated carbocycles. The Kier molecular flexibility index (Phi) is 3.79. The second-order valence-electron chi connectivity index (χ2n) is 5.52. The largest absolute Gasteiger partial charge is 0.348 e. The highest BCUT2D eigenvalue weighted by Gasteiger charge is 2.35. The number of nitrogens with zero attached hydrogens (tertiary/aromatic N) is 4. The fraction of sp³-hybridized carbons (Fsp3) is 0.467. The first kappa shape index (κ1) is 14.5. The zero-order chi connectivity index (χ0) is 15.7. The van der Waals surface area contributed by atoms with Gasteiger partial charge in [0.15, 0.2) is 5.82 Å². The fourth-order valence-corrected chi connectivity index (χ4v) is 2.82. The summed E-state index contributed by atoms with van der Waals surface area (Å²) in [4.78, 5) is 30.8. The molecule has 7 heteroatoms. The van der Waals surface area contributed by atoms with Gasteiger partial charge in [-0.1, -0.05) is 5.16 Å². The van der Waals surface area contributed by atoms with E-state index in [1.165, 1.54) is 0 Å². The molecule has 0 aromatic carbocycles. The van der Waals surface area contributed by atoms with Crippen LogP contribution in [0.2, 0.25) is 0 Å². The van der Waals surface area contributed by atoms with Crippen molar-refractivity contribution in [2.45, 2.75) is 32.2 Å². The van der Waals surface area contributed by atoms with Gasteiger partial charge >= 0.3 is 0 Å². The van der Waals surface area contributed by atoms with E-state index in [-0.39, 0.29) is 6.04 Å². The fourth-order valence-electron chi connectivity index (χ4n) is 2.82. The van der Waals surface area contributed by atoms with Crippen LogP contribution in [0.25, 0.3) is 0 Å². The van der Waals surface area contributed by atoms with Gasteiger partial charge in [-0.2, -0.15) is 4.98 Å². The Morgan fingerprint density at radius 1 is 1.36 bits per heavy atom. The molecule has 2 aromatic rings. The van der Waals surface area contributed by atoms with Crippen LogP contribution >= 0.6 is 0 Å². The van der Waals surface area contributed by atoms with Gasteiger partial charge in [0, 0.05) is 19.8 Å². The van der Waals surface area contributed by atoms with Crippen LogP contribution in [0.4, 0.5) is 0 Å². The number of likely N-dealkylation sites (tertiary alicyclic amines) is 1. The Morgan fingerprint density at radius 2 is 2.18 bits per heavy atom. The van der Waals surface area contributed by atoms with Crippen LogP contribution in [0.15, 0.2) is 22.9 Å². The lowest BCUT2D eigenvalue weighted by Crippen LogP contribution is -2.42. The lowest BCUT2D eigenvalue weighted by molar-refractivity contribution is -0.130. The minimum absolute atomic E-state index is 0.313. The van der Waals surface area contributed by atoms with Crippen LogP contribution in [0, 0.1) is 6.92 Å². The Bertz CT molecular complexity index is 703. The molecule has 1 unspecified atom stereocenters. The van der Waals surface area contributed by atoms with E-state index in [2.05, 4.69) is 10.1 Å². The molecule has 0 spiro atoms. The number of hydrogen-bond donors (Lipinski definition) is 0. The third-order valence-corrected chi connectivity index (χ3v) is 3.96. The van der Waals surface area contributed by atoms with Crippen molar-refractivity contribution < 1.29 is 14.1 Å². The molecule has 0 radical (unpaired) electrons. The van der Waals surface area contributed by atoms with E-state index < -0.39 is 11.7 Å². The SMILES string of the molecule is Cc1noc(C2CCCCN2C(=O)C(=O)c2cccn2C)n1. The van der Waals surface area contributed by atoms with Crippen LogP contribution in [-0.2, 0) is 11.8 Å². The van der Waals surface area contributed by atoms with Gasteiger partial charge in [-0.3, -0.25) is 9.59 Å². The van der Waals surface area contributed by atoms with Gasteiger partial charge in [-0.15, -0.1) is 0 Å². The summed E-state index contributed by atoms with van der Waals surface area (Å²) in [5.41, 5.74) is 0.385. The number of piperidine rings is 1. The second-order valence-corrected chi connectivity index (χ2v) is 5.52. The number of aryl methyl sites for hydroxylation is 2. The molecule has 116 valence electrons. The van der Waals surface area contributed by atoms with E-state index in [1.807, 2.05) is 0 Å². The molecule has 3 heterocycles. The monoisotopic (exact) mass is 302 g/mol. The highest BCUT2D eigenvalue weighted by molar-refractivity contribution is 6.42. The Morgan fingerprint density at radius 3 is 2.82 bits per heavy atom. The van der Waals surface area contributed by atoms with Crippen molar-refractivity contribution in [3.8, 4) is 0 Å². The van der Waals surface area contributed by atoms with Gasteiger partial charge in [-0.25, -0.2) is 0 Å². The van der Waals surface area contributed by atoms with Crippen molar-refractivity contribution in [1.29, 1.82) is 0 Å². The first-order chi connectivity index (χ1) is 10.6. The van der Waals surface area contributed by atoms with E-state index >= 15 is 0 Å². The van der Waals surface area contributed by atoms with Crippen LogP contribution in [0.1, 0.15) is 47.5 Å². The molecule has 2 aromatic heterocycles. The van der Waals surface area contributed by atoms with E-state index in [0.717, 1.165) is 19.3 Å². The van der Waals surface area contributed by atoms with Crippen LogP contribution in [0.5, 0.6) is 0 Å². The maximum absolute atomic E-state index is 12.6. The molecule has 0 aliphatic carbocycles. The van der Waals surface area contributed by atoms with E-state index in [4.69, 9.17) is 4.52 Å². The number of amides is 1. The lowest BCUT2D eigenvalue weighted by Gasteiger charge is -2.32. The van der Waals surface area contributed by atoms with Crippen LogP contribution < -0.4 is 0 Å². The standard InChI is InChI=1S/C15H18N4O3/c1-10-16-14(22-17-10)12-6-3-4-9-19(12)15(21)13(20)11-7-5-8-18(11)2/h5,7-8,12H,3-4,6,9H2,1-2H3. The maximum Gasteiger partial charge on any atom is 0.297 e. The summed E-state index contributed by atoms with van der Waals surface area (Å²) in [7, 11) is 1.75. The van der Waals surface area contributed by atoms with E-state index in [9.17, 15) is 9.59 Å². The van der Waals surface area contributed by atoms with Crippen molar-refractivity contribution in [2.75, 3.05) is 6.54 Å². The highest BCUT2D eigenvalue weighted by atomic mass is 16.5. The molecule has 0 N–H and O–H groups in total. The molecule has 1 fully saturated rings. The number of Topliss-reactive ketones (excluding diaryl/α,β-unsaturated/α-hetero) is 1. The number of carbonyl (C=O) groups excluding carboxylic acids is 2. The lowest BCUT2D eigenvalue weighted by atomic mass is 10.0. The summed E-state index contributed by atoms with van der Waals surface area (Å²) in [5.74, 6) is -0.0787. The predicted octanol–water partition coefficient (Wildman–Crippen LogP) is 1.65. The van der Waals surface area contributed by atoms with Gasteiger partial charge in [0.2, 0.25) is 5.89 Å². The van der Waals surface area contributed by atoms with Crippen molar-refractivity contribution in [3.63, 3.8) is 0 Å². The zero-order valence-corrected chi connectivity index (χ0v) is 12.7. The highest BCUT2D eigenvalue weighted by Crippen LogP contribution is 2.30. The molecular formula is C15H18N4O3. The molecule has 1 atom stereocenters. The molecule has 7 nitrogen and oxygen atoms in total. The topological polar surface area (TPSA) is 81.2 Å². The summed E-state index contributed by atoms with van der Waals surface area (Å²) in [6.07, 6.45) is 4.31. The number of carbonyl (C=O) groups is 2. The Labute approximate surface area is 127 Å². The average molecular weight is 302 g/mol. The van der Waals surface area contributed by atoms with Gasteiger partial charge in [0.25, 0.3) is 11.7 Å². The molecule has 1 saturated heterocycles. The molecular weight excluding hydrogens is 284 g/mol. The zero-order valence-electron chi connectivity index (χ0n) is 12.7. The average Bonchev–Trinajstić information content (AvgIpc) is 3.14. The molecule has 1 amide bonds. The summed E-state index contributed by atoms with van der Waals surface area (Å²) in [5, 5.41) is 3.78. The number of aromatic nitrogens is 3. The summed E-state index contributed by atoms with van der Waals surface area (Å²) < 4.78 is 6.86. The molecule has 0 bridgehead atoms. The molecule has 1 aliphatic heterocycles.